The van der Waals surface area contributed by atoms with E-state index in [0.717, 1.165) is 16.9 Å². The summed E-state index contributed by atoms with van der Waals surface area (Å²) in [7, 11) is 1.67. The second-order valence-corrected chi connectivity index (χ2v) is 5.97. The molecule has 3 heterocycles. The Hall–Kier alpha value is -2.37. The highest BCUT2D eigenvalue weighted by atomic mass is 16.2. The van der Waals surface area contributed by atoms with Crippen molar-refractivity contribution in [3.63, 3.8) is 0 Å². The summed E-state index contributed by atoms with van der Waals surface area (Å²) in [6, 6.07) is 3.11. The Bertz CT molecular complexity index is 752. The highest BCUT2D eigenvalue weighted by Crippen LogP contribution is 2.19. The Morgan fingerprint density at radius 3 is 2.64 bits per heavy atom. The Labute approximate surface area is 129 Å². The topological polar surface area (TPSA) is 57.9 Å². The Morgan fingerprint density at radius 1 is 1.18 bits per heavy atom. The summed E-state index contributed by atoms with van der Waals surface area (Å²) in [4.78, 5) is 32.3. The summed E-state index contributed by atoms with van der Waals surface area (Å²) in [6.45, 7) is 5.89. The third kappa shape index (κ3) is 2.24. The number of aryl methyl sites for hydroxylation is 1. The molecule has 1 aliphatic rings. The maximum atomic E-state index is 12.5. The van der Waals surface area contributed by atoms with E-state index in [-0.39, 0.29) is 11.8 Å². The van der Waals surface area contributed by atoms with Crippen molar-refractivity contribution < 1.29 is 9.59 Å². The van der Waals surface area contributed by atoms with Crippen molar-refractivity contribution in [3.05, 3.63) is 35.8 Å². The summed E-state index contributed by atoms with van der Waals surface area (Å²) in [5, 5.41) is 0. The van der Waals surface area contributed by atoms with E-state index < -0.39 is 12.1 Å². The SMILES string of the molecule is Cc1ccn2cc(CN3C(=O)[C@H](C)N(C)C(=O)[C@@H]3C)nc2c1. The molecule has 2 aromatic heterocycles. The molecule has 0 unspecified atom stereocenters. The van der Waals surface area contributed by atoms with Gasteiger partial charge in [0.05, 0.1) is 12.2 Å². The van der Waals surface area contributed by atoms with Crippen LogP contribution in [0.15, 0.2) is 24.5 Å². The molecule has 6 heteroatoms. The van der Waals surface area contributed by atoms with E-state index in [0.29, 0.717) is 6.54 Å². The first-order valence-corrected chi connectivity index (χ1v) is 7.40. The lowest BCUT2D eigenvalue weighted by Crippen LogP contribution is -2.61. The van der Waals surface area contributed by atoms with Gasteiger partial charge in [0.2, 0.25) is 11.8 Å². The number of rotatable bonds is 2. The number of fused-ring (bicyclic) bond motifs is 1. The number of piperazine rings is 1. The minimum absolute atomic E-state index is 0.0355. The van der Waals surface area contributed by atoms with Gasteiger partial charge in [-0.2, -0.15) is 0 Å². The first-order chi connectivity index (χ1) is 10.4. The highest BCUT2D eigenvalue weighted by Gasteiger charge is 2.39. The highest BCUT2D eigenvalue weighted by molar-refractivity contribution is 5.96. The van der Waals surface area contributed by atoms with Gasteiger partial charge >= 0.3 is 0 Å². The molecule has 22 heavy (non-hydrogen) atoms. The van der Waals surface area contributed by atoms with Gasteiger partial charge in [0.25, 0.3) is 0 Å². The Kier molecular flexibility index (Phi) is 3.39. The largest absolute Gasteiger partial charge is 0.332 e. The molecule has 0 radical (unpaired) electrons. The molecule has 0 spiro atoms. The van der Waals surface area contributed by atoms with Gasteiger partial charge in [0.1, 0.15) is 17.7 Å². The van der Waals surface area contributed by atoms with E-state index in [1.165, 1.54) is 4.90 Å². The summed E-state index contributed by atoms with van der Waals surface area (Å²) in [5.74, 6) is -0.0745. The molecule has 2 amide bonds. The molecule has 0 bridgehead atoms. The lowest BCUT2D eigenvalue weighted by Gasteiger charge is -2.40. The van der Waals surface area contributed by atoms with Crippen molar-refractivity contribution in [2.45, 2.75) is 39.4 Å². The van der Waals surface area contributed by atoms with Gasteiger partial charge in [-0.25, -0.2) is 4.98 Å². The van der Waals surface area contributed by atoms with Crippen molar-refractivity contribution in [1.29, 1.82) is 0 Å². The van der Waals surface area contributed by atoms with E-state index in [1.807, 2.05) is 35.9 Å². The van der Waals surface area contributed by atoms with Crippen LogP contribution in [-0.2, 0) is 16.1 Å². The van der Waals surface area contributed by atoms with Crippen LogP contribution in [-0.4, -0.2) is 50.1 Å². The van der Waals surface area contributed by atoms with Crippen molar-refractivity contribution in [3.8, 4) is 0 Å². The maximum Gasteiger partial charge on any atom is 0.246 e. The molecule has 1 fully saturated rings. The van der Waals surface area contributed by atoms with Gasteiger partial charge in [-0.05, 0) is 38.5 Å². The normalized spacial score (nSPS) is 22.7. The van der Waals surface area contributed by atoms with E-state index in [9.17, 15) is 9.59 Å². The zero-order valence-corrected chi connectivity index (χ0v) is 13.3. The van der Waals surface area contributed by atoms with Gasteiger partial charge in [0.15, 0.2) is 0 Å². The molecule has 6 nitrogen and oxygen atoms in total. The number of hydrogen-bond acceptors (Lipinski definition) is 3. The van der Waals surface area contributed by atoms with Gasteiger partial charge < -0.3 is 14.2 Å². The van der Waals surface area contributed by atoms with Crippen molar-refractivity contribution in [2.24, 2.45) is 0 Å². The number of pyridine rings is 1. The molecule has 116 valence electrons. The third-order valence-corrected chi connectivity index (χ3v) is 4.39. The zero-order valence-electron chi connectivity index (χ0n) is 13.3. The number of amides is 2. The van der Waals surface area contributed by atoms with Crippen LogP contribution >= 0.6 is 0 Å². The second-order valence-electron chi connectivity index (χ2n) is 5.97. The average molecular weight is 300 g/mol. The van der Waals surface area contributed by atoms with Crippen LogP contribution in [0.5, 0.6) is 0 Å². The van der Waals surface area contributed by atoms with Crippen molar-refractivity contribution >= 4 is 17.5 Å². The molecular weight excluding hydrogens is 280 g/mol. The van der Waals surface area contributed by atoms with Gasteiger partial charge in [-0.1, -0.05) is 0 Å². The van der Waals surface area contributed by atoms with E-state index in [4.69, 9.17) is 0 Å². The molecular formula is C16H20N4O2. The number of nitrogens with zero attached hydrogens (tertiary/aromatic N) is 4. The van der Waals surface area contributed by atoms with Crippen LogP contribution in [0, 0.1) is 6.92 Å². The van der Waals surface area contributed by atoms with Crippen LogP contribution in [0.4, 0.5) is 0 Å². The summed E-state index contributed by atoms with van der Waals surface area (Å²) < 4.78 is 1.93. The molecule has 0 N–H and O–H groups in total. The summed E-state index contributed by atoms with van der Waals surface area (Å²) >= 11 is 0. The van der Waals surface area contributed by atoms with E-state index in [1.54, 1.807) is 25.8 Å². The smallest absolute Gasteiger partial charge is 0.246 e. The first-order valence-electron chi connectivity index (χ1n) is 7.40. The molecule has 0 aromatic carbocycles. The number of likely N-dealkylation sites (N-methyl/N-ethyl adjacent to an activating group) is 1. The zero-order chi connectivity index (χ0) is 16.0. The molecule has 3 rings (SSSR count). The van der Waals surface area contributed by atoms with Crippen LogP contribution in [0.3, 0.4) is 0 Å². The first kappa shape index (κ1) is 14.6. The van der Waals surface area contributed by atoms with Crippen LogP contribution in [0.2, 0.25) is 0 Å². The minimum Gasteiger partial charge on any atom is -0.332 e. The van der Waals surface area contributed by atoms with Crippen LogP contribution < -0.4 is 0 Å². The molecule has 0 aliphatic carbocycles. The predicted octanol–water partition coefficient (Wildman–Crippen LogP) is 1.22. The molecule has 1 saturated heterocycles. The molecule has 2 aromatic rings. The number of hydrogen-bond donors (Lipinski definition) is 0. The van der Waals surface area contributed by atoms with Crippen molar-refractivity contribution in [2.75, 3.05) is 7.05 Å². The molecule has 2 atom stereocenters. The number of carbonyl (C=O) groups excluding carboxylic acids is 2. The standard InChI is InChI=1S/C16H20N4O2/c1-10-5-6-19-8-13(17-14(19)7-10)9-20-12(3)15(21)18(4)11(2)16(20)22/h5-8,11-12H,9H2,1-4H3/t11-,12-/m0/s1. The van der Waals surface area contributed by atoms with Gasteiger partial charge in [0, 0.05) is 19.4 Å². The number of imidazole rings is 1. The Morgan fingerprint density at radius 2 is 1.91 bits per heavy atom. The average Bonchev–Trinajstić information content (AvgIpc) is 2.89. The van der Waals surface area contributed by atoms with Crippen LogP contribution in [0.25, 0.3) is 5.65 Å². The quantitative estimate of drug-likeness (QED) is 0.838. The number of aromatic nitrogens is 2. The summed E-state index contributed by atoms with van der Waals surface area (Å²) in [6.07, 6.45) is 3.85. The van der Waals surface area contributed by atoms with Crippen LogP contribution in [0.1, 0.15) is 25.1 Å². The third-order valence-electron chi connectivity index (χ3n) is 4.39. The monoisotopic (exact) mass is 300 g/mol. The fourth-order valence-corrected chi connectivity index (χ4v) is 2.82. The maximum absolute atomic E-state index is 12.5. The number of carbonyl (C=O) groups is 2. The van der Waals surface area contributed by atoms with Gasteiger partial charge in [-0.15, -0.1) is 0 Å². The molecule has 1 aliphatic heterocycles. The minimum atomic E-state index is -0.458. The second kappa shape index (κ2) is 5.12. The van der Waals surface area contributed by atoms with E-state index in [2.05, 4.69) is 4.98 Å². The fourth-order valence-electron chi connectivity index (χ4n) is 2.82. The lowest BCUT2D eigenvalue weighted by atomic mass is 10.1. The Balaban J connectivity index is 1.89. The predicted molar refractivity (Wildman–Crippen MR) is 82.2 cm³/mol. The fraction of sp³-hybridized carbons (Fsp3) is 0.438. The van der Waals surface area contributed by atoms with Crippen molar-refractivity contribution in [1.82, 2.24) is 19.2 Å². The van der Waals surface area contributed by atoms with Gasteiger partial charge in [-0.3, -0.25) is 9.59 Å². The lowest BCUT2D eigenvalue weighted by molar-refractivity contribution is -0.159. The summed E-state index contributed by atoms with van der Waals surface area (Å²) in [5.41, 5.74) is 2.77. The van der Waals surface area contributed by atoms with E-state index >= 15 is 0 Å². The molecule has 0 saturated carbocycles.